The van der Waals surface area contributed by atoms with Crippen LogP contribution in [0.3, 0.4) is 0 Å². The lowest BCUT2D eigenvalue weighted by molar-refractivity contribution is -0.138. The summed E-state index contributed by atoms with van der Waals surface area (Å²) in [7, 11) is 0. The molecule has 1 aromatic heterocycles. The van der Waals surface area contributed by atoms with Crippen LogP contribution < -0.4 is 4.90 Å². The largest absolute Gasteiger partial charge is 0.381 e. The van der Waals surface area contributed by atoms with Crippen molar-refractivity contribution in [1.29, 1.82) is 0 Å². The van der Waals surface area contributed by atoms with Gasteiger partial charge in [0.2, 0.25) is 11.8 Å². The topological polar surface area (TPSA) is 62.7 Å². The number of carbonyl (C=O) groups is 2. The standard InChI is InChI=1S/C18H23N3O3/c22-16-11-18(13-21(16)15-3-1-2-7-19-15)6-8-20(12-18)17(23)14-4-9-24-10-5-14/h1-3,7,14H,4-6,8-13H2/t18-/m0/s1. The molecule has 2 amide bonds. The number of anilines is 1. The van der Waals surface area contributed by atoms with Crippen molar-refractivity contribution in [2.24, 2.45) is 11.3 Å². The number of nitrogens with zero attached hydrogens (tertiary/aromatic N) is 3. The molecule has 1 atom stereocenters. The molecule has 1 aromatic rings. The van der Waals surface area contributed by atoms with Gasteiger partial charge in [-0.05, 0) is 31.4 Å². The zero-order chi connectivity index (χ0) is 16.6. The quantitative estimate of drug-likeness (QED) is 0.824. The molecular weight excluding hydrogens is 306 g/mol. The second-order valence-corrected chi connectivity index (χ2v) is 7.24. The van der Waals surface area contributed by atoms with Gasteiger partial charge in [0.15, 0.2) is 0 Å². The Bertz CT molecular complexity index is 630. The highest BCUT2D eigenvalue weighted by molar-refractivity contribution is 5.95. The molecule has 3 saturated heterocycles. The predicted octanol–water partition coefficient (Wildman–Crippen LogP) is 1.46. The van der Waals surface area contributed by atoms with Gasteiger partial charge in [0.05, 0.1) is 0 Å². The Hall–Kier alpha value is -1.95. The van der Waals surface area contributed by atoms with E-state index in [4.69, 9.17) is 4.74 Å². The maximum Gasteiger partial charge on any atom is 0.228 e. The van der Waals surface area contributed by atoms with Crippen LogP contribution in [-0.2, 0) is 14.3 Å². The van der Waals surface area contributed by atoms with Crippen LogP contribution in [0.2, 0.25) is 0 Å². The van der Waals surface area contributed by atoms with E-state index in [1.807, 2.05) is 23.1 Å². The number of ether oxygens (including phenoxy) is 1. The lowest BCUT2D eigenvalue weighted by Crippen LogP contribution is -2.39. The van der Waals surface area contributed by atoms with E-state index in [2.05, 4.69) is 4.98 Å². The Morgan fingerprint density at radius 1 is 1.25 bits per heavy atom. The second kappa shape index (κ2) is 6.16. The van der Waals surface area contributed by atoms with Gasteiger partial charge in [-0.15, -0.1) is 0 Å². The molecular formula is C18H23N3O3. The van der Waals surface area contributed by atoms with Crippen LogP contribution in [0.5, 0.6) is 0 Å². The number of rotatable bonds is 2. The number of pyridine rings is 1. The zero-order valence-electron chi connectivity index (χ0n) is 13.8. The van der Waals surface area contributed by atoms with Crippen LogP contribution >= 0.6 is 0 Å². The minimum Gasteiger partial charge on any atom is -0.381 e. The summed E-state index contributed by atoms with van der Waals surface area (Å²) in [6.07, 6.45) is 4.77. The Morgan fingerprint density at radius 2 is 2.08 bits per heavy atom. The molecule has 0 N–H and O–H groups in total. The highest BCUT2D eigenvalue weighted by Crippen LogP contribution is 2.42. The summed E-state index contributed by atoms with van der Waals surface area (Å²) in [5.74, 6) is 1.18. The van der Waals surface area contributed by atoms with Crippen LogP contribution in [0.15, 0.2) is 24.4 Å². The number of hydrogen-bond acceptors (Lipinski definition) is 4. The summed E-state index contributed by atoms with van der Waals surface area (Å²) >= 11 is 0. The molecule has 0 aromatic carbocycles. The lowest BCUT2D eigenvalue weighted by Gasteiger charge is -2.28. The first kappa shape index (κ1) is 15.6. The summed E-state index contributed by atoms with van der Waals surface area (Å²) in [6, 6.07) is 5.62. The van der Waals surface area contributed by atoms with E-state index in [0.29, 0.717) is 38.5 Å². The molecule has 1 spiro atoms. The van der Waals surface area contributed by atoms with Crippen LogP contribution in [-0.4, -0.2) is 54.5 Å². The van der Waals surface area contributed by atoms with Gasteiger partial charge < -0.3 is 9.64 Å². The van der Waals surface area contributed by atoms with Crippen LogP contribution in [0.4, 0.5) is 5.82 Å². The zero-order valence-corrected chi connectivity index (χ0v) is 13.8. The van der Waals surface area contributed by atoms with Gasteiger partial charge in [-0.2, -0.15) is 0 Å². The van der Waals surface area contributed by atoms with E-state index in [0.717, 1.165) is 25.8 Å². The summed E-state index contributed by atoms with van der Waals surface area (Å²) in [6.45, 7) is 3.49. The average molecular weight is 329 g/mol. The van der Waals surface area contributed by atoms with Crippen molar-refractivity contribution in [2.45, 2.75) is 25.7 Å². The van der Waals surface area contributed by atoms with Crippen LogP contribution in [0.1, 0.15) is 25.7 Å². The number of amides is 2. The third-order valence-electron chi connectivity index (χ3n) is 5.57. The van der Waals surface area contributed by atoms with Crippen LogP contribution in [0, 0.1) is 11.3 Å². The Kier molecular flexibility index (Phi) is 4.00. The van der Waals surface area contributed by atoms with Crippen molar-refractivity contribution >= 4 is 17.6 Å². The lowest BCUT2D eigenvalue weighted by atomic mass is 9.86. The minimum atomic E-state index is -0.102. The predicted molar refractivity (Wildman–Crippen MR) is 88.4 cm³/mol. The van der Waals surface area contributed by atoms with Gasteiger partial charge >= 0.3 is 0 Å². The summed E-state index contributed by atoms with van der Waals surface area (Å²) in [4.78, 5) is 33.3. The molecule has 24 heavy (non-hydrogen) atoms. The third-order valence-corrected chi connectivity index (χ3v) is 5.57. The van der Waals surface area contributed by atoms with Crippen molar-refractivity contribution in [3.63, 3.8) is 0 Å². The molecule has 0 bridgehead atoms. The van der Waals surface area contributed by atoms with E-state index < -0.39 is 0 Å². The molecule has 4 heterocycles. The van der Waals surface area contributed by atoms with E-state index >= 15 is 0 Å². The number of carbonyl (C=O) groups excluding carboxylic acids is 2. The number of aromatic nitrogens is 1. The van der Waals surface area contributed by atoms with E-state index in [9.17, 15) is 9.59 Å². The van der Waals surface area contributed by atoms with Gasteiger partial charge in [0, 0.05) is 56.8 Å². The van der Waals surface area contributed by atoms with Crippen molar-refractivity contribution in [1.82, 2.24) is 9.88 Å². The van der Waals surface area contributed by atoms with Gasteiger partial charge in [0.25, 0.3) is 0 Å². The number of hydrogen-bond donors (Lipinski definition) is 0. The molecule has 4 rings (SSSR count). The molecule has 0 aliphatic carbocycles. The average Bonchev–Trinajstić information content (AvgIpc) is 3.19. The SMILES string of the molecule is O=C(C1CCOCC1)N1CC[C@]2(CC(=O)N(c3ccccn3)C2)C1. The molecule has 6 heteroatoms. The highest BCUT2D eigenvalue weighted by Gasteiger charge is 2.49. The highest BCUT2D eigenvalue weighted by atomic mass is 16.5. The van der Waals surface area contributed by atoms with Crippen molar-refractivity contribution in [3.8, 4) is 0 Å². The second-order valence-electron chi connectivity index (χ2n) is 7.24. The molecule has 128 valence electrons. The molecule has 6 nitrogen and oxygen atoms in total. The fourth-order valence-corrected chi connectivity index (χ4v) is 4.22. The monoisotopic (exact) mass is 329 g/mol. The van der Waals surface area contributed by atoms with Crippen molar-refractivity contribution in [3.05, 3.63) is 24.4 Å². The first-order chi connectivity index (χ1) is 11.7. The Labute approximate surface area is 141 Å². The minimum absolute atomic E-state index is 0.0953. The van der Waals surface area contributed by atoms with Crippen LogP contribution in [0.25, 0.3) is 0 Å². The van der Waals surface area contributed by atoms with E-state index in [-0.39, 0.29) is 23.1 Å². The fourth-order valence-electron chi connectivity index (χ4n) is 4.22. The van der Waals surface area contributed by atoms with Crippen molar-refractivity contribution < 1.29 is 14.3 Å². The smallest absolute Gasteiger partial charge is 0.228 e. The summed E-state index contributed by atoms with van der Waals surface area (Å²) in [5, 5.41) is 0. The summed E-state index contributed by atoms with van der Waals surface area (Å²) in [5.41, 5.74) is -0.102. The first-order valence-electron chi connectivity index (χ1n) is 8.75. The van der Waals surface area contributed by atoms with Gasteiger partial charge in [-0.3, -0.25) is 14.5 Å². The Morgan fingerprint density at radius 3 is 2.83 bits per heavy atom. The molecule has 0 unspecified atom stereocenters. The van der Waals surface area contributed by atoms with E-state index in [1.165, 1.54) is 0 Å². The molecule has 3 fully saturated rings. The fraction of sp³-hybridized carbons (Fsp3) is 0.611. The Balaban J connectivity index is 1.44. The summed E-state index contributed by atoms with van der Waals surface area (Å²) < 4.78 is 5.35. The normalized spacial score (nSPS) is 28.1. The van der Waals surface area contributed by atoms with Crippen molar-refractivity contribution in [2.75, 3.05) is 37.7 Å². The molecule has 3 aliphatic heterocycles. The molecule has 3 aliphatic rings. The van der Waals surface area contributed by atoms with Gasteiger partial charge in [-0.1, -0.05) is 6.07 Å². The van der Waals surface area contributed by atoms with Gasteiger partial charge in [0.1, 0.15) is 5.82 Å². The van der Waals surface area contributed by atoms with E-state index in [1.54, 1.807) is 11.1 Å². The third kappa shape index (κ3) is 2.79. The first-order valence-corrected chi connectivity index (χ1v) is 8.75. The number of likely N-dealkylation sites (tertiary alicyclic amines) is 1. The maximum atomic E-state index is 12.7. The van der Waals surface area contributed by atoms with Gasteiger partial charge in [-0.25, -0.2) is 4.98 Å². The molecule has 0 saturated carbocycles. The molecule has 0 radical (unpaired) electrons. The maximum absolute atomic E-state index is 12.7.